The summed E-state index contributed by atoms with van der Waals surface area (Å²) in [7, 11) is 4.17. The molecule has 0 bridgehead atoms. The number of hydrogen-bond acceptors (Lipinski definition) is 12. The number of likely N-dealkylation sites (N-methyl/N-ethyl adjacent to an activating group) is 1. The van der Waals surface area contributed by atoms with E-state index in [9.17, 15) is 44.1 Å². The van der Waals surface area contributed by atoms with Gasteiger partial charge in [-0.1, -0.05) is 45.3 Å². The van der Waals surface area contributed by atoms with Crippen LogP contribution in [0.2, 0.25) is 0 Å². The van der Waals surface area contributed by atoms with Crippen LogP contribution in [0.25, 0.3) is 0 Å². The third-order valence-electron chi connectivity index (χ3n) is 16.9. The second-order valence-corrected chi connectivity index (χ2v) is 19.5. The number of fused-ring (bicyclic) bond motifs is 6. The minimum absolute atomic E-state index is 0.0778. The summed E-state index contributed by atoms with van der Waals surface area (Å²) in [6.45, 7) is 11.3. The minimum atomic E-state index is -1.62. The summed E-state index contributed by atoms with van der Waals surface area (Å²) in [5.74, 6) is -6.54. The Kier molecular flexibility index (Phi) is 12.1. The van der Waals surface area contributed by atoms with E-state index in [1.54, 1.807) is 27.0 Å². The topological polar surface area (TPSA) is 194 Å². The average molecular weight is 812 g/mol. The highest BCUT2D eigenvalue weighted by Crippen LogP contribution is 2.66. The third-order valence-corrected chi connectivity index (χ3v) is 16.9. The van der Waals surface area contributed by atoms with Crippen molar-refractivity contribution in [2.24, 2.45) is 69.0 Å². The van der Waals surface area contributed by atoms with Gasteiger partial charge in [-0.15, -0.1) is 0 Å². The molecule has 0 aliphatic heterocycles. The van der Waals surface area contributed by atoms with E-state index in [1.165, 1.54) is 25.2 Å². The number of aliphatic hydroxyl groups excluding tert-OH is 3. The molecule has 6 fully saturated rings. The maximum atomic E-state index is 14.5. The van der Waals surface area contributed by atoms with Gasteiger partial charge in [-0.25, -0.2) is 4.79 Å². The summed E-state index contributed by atoms with van der Waals surface area (Å²) < 4.78 is 16.7. The maximum Gasteiger partial charge on any atom is 0.331 e. The predicted molar refractivity (Wildman–Crippen MR) is 210 cm³/mol. The lowest BCUT2D eigenvalue weighted by Crippen LogP contribution is -2.68. The van der Waals surface area contributed by atoms with E-state index in [1.807, 2.05) is 20.8 Å². The van der Waals surface area contributed by atoms with E-state index in [0.717, 1.165) is 24.0 Å². The number of ketones is 2. The number of amides is 1. The summed E-state index contributed by atoms with van der Waals surface area (Å²) in [6.07, 6.45) is 4.15. The lowest BCUT2D eigenvalue weighted by Gasteiger charge is -2.62. The summed E-state index contributed by atoms with van der Waals surface area (Å²) in [4.78, 5) is 83.9. The van der Waals surface area contributed by atoms with Crippen LogP contribution >= 0.6 is 0 Å². The first-order valence-electron chi connectivity index (χ1n) is 21.3. The van der Waals surface area contributed by atoms with E-state index in [2.05, 4.69) is 6.92 Å². The number of ether oxygens (including phenoxy) is 3. The molecule has 6 aliphatic carbocycles. The Hall–Kier alpha value is -3.42. The monoisotopic (exact) mass is 811 g/mol. The van der Waals surface area contributed by atoms with Crippen LogP contribution in [0.3, 0.4) is 0 Å². The van der Waals surface area contributed by atoms with E-state index in [-0.39, 0.29) is 54.9 Å². The molecule has 3 N–H and O–H groups in total. The molecule has 322 valence electrons. The van der Waals surface area contributed by atoms with Crippen molar-refractivity contribution in [2.75, 3.05) is 34.4 Å². The average Bonchev–Trinajstić information content (AvgIpc) is 3.18. The van der Waals surface area contributed by atoms with Crippen LogP contribution in [0.1, 0.15) is 99.3 Å². The first-order valence-corrected chi connectivity index (χ1v) is 21.3. The van der Waals surface area contributed by atoms with E-state index < -0.39 is 87.3 Å². The van der Waals surface area contributed by atoms with Gasteiger partial charge in [-0.05, 0) is 99.7 Å². The number of hydrogen-bond donors (Lipinski definition) is 3. The van der Waals surface area contributed by atoms with Crippen molar-refractivity contribution in [2.45, 2.75) is 118 Å². The first-order chi connectivity index (χ1) is 27.2. The lowest BCUT2D eigenvalue weighted by molar-refractivity contribution is -0.214. The number of methoxy groups -OCH3 is 2. The van der Waals surface area contributed by atoms with Crippen LogP contribution in [0, 0.1) is 69.0 Å². The minimum Gasteiger partial charge on any atom is -0.469 e. The molecule has 6 saturated carbocycles. The van der Waals surface area contributed by atoms with Gasteiger partial charge >= 0.3 is 17.9 Å². The standard InChI is InChI=1S/C45H65NO12/c1-23-25(21-30(48)46(7)19-20-47)11-13-28-32(23)35(51)37(53)39-43(28,4)18-15-29(45(39,6)41(55)57-9)58-31(49)22-26-12-14-27-33(24(26)2)34(50)36(52)38-42(27,3)16-10-17-44(38,5)40(54)56-8/h21-24,27-29,32-35,38-39,47,50-51H,10-20H2,1-9H3/b25-21-,26-22-/t23-,24-,27-,28-,29-,32-,33-,34+,35+,38+,39+,42+,43+,44-,45-/m0/s1. The Balaban J connectivity index is 1.24. The van der Waals surface area contributed by atoms with Crippen LogP contribution in [0.4, 0.5) is 0 Å². The Labute approximate surface area is 342 Å². The largest absolute Gasteiger partial charge is 0.469 e. The van der Waals surface area contributed by atoms with Crippen molar-refractivity contribution in [3.63, 3.8) is 0 Å². The summed E-state index contributed by atoms with van der Waals surface area (Å²) in [6, 6.07) is 0. The second-order valence-electron chi connectivity index (χ2n) is 19.5. The molecule has 0 unspecified atom stereocenters. The van der Waals surface area contributed by atoms with E-state index in [0.29, 0.717) is 38.5 Å². The van der Waals surface area contributed by atoms with Gasteiger partial charge in [0.2, 0.25) is 5.91 Å². The molecule has 58 heavy (non-hydrogen) atoms. The zero-order valence-corrected chi connectivity index (χ0v) is 35.7. The van der Waals surface area contributed by atoms with Crippen molar-refractivity contribution in [3.8, 4) is 0 Å². The molecule has 6 aliphatic rings. The number of aliphatic hydroxyl groups is 3. The molecule has 0 spiro atoms. The summed E-state index contributed by atoms with van der Waals surface area (Å²) in [5.41, 5.74) is -2.40. The molecule has 13 nitrogen and oxygen atoms in total. The SMILES string of the molecule is COC(=O)[C@@]1(C)[C@@H](OC(=O)/C=C2/CC[C@H]3[C@@H]([C@@H](O)C(=O)[C@@H]4[C@]3(C)CCC[C@]4(C)C(=O)OC)[C@H]2C)CC[C@@]2(C)[C@H]1C(=O)[C@H](O)[C@H]1[C@@H](C)/C(=C\C(=O)N(C)CCO)CC[C@@H]12. The van der Waals surface area contributed by atoms with Gasteiger partial charge in [-0.2, -0.15) is 0 Å². The molecule has 0 aromatic carbocycles. The molecule has 6 rings (SSSR count). The predicted octanol–water partition coefficient (Wildman–Crippen LogP) is 3.99. The molecule has 13 heteroatoms. The molecule has 0 radical (unpaired) electrons. The van der Waals surface area contributed by atoms with Gasteiger partial charge in [0.05, 0.1) is 26.2 Å². The third kappa shape index (κ3) is 6.60. The van der Waals surface area contributed by atoms with Crippen molar-refractivity contribution in [1.29, 1.82) is 0 Å². The van der Waals surface area contributed by atoms with Gasteiger partial charge in [0.1, 0.15) is 23.7 Å². The number of nitrogens with zero attached hydrogens (tertiary/aromatic N) is 1. The van der Waals surface area contributed by atoms with Crippen LogP contribution in [-0.4, -0.2) is 108 Å². The zero-order valence-electron chi connectivity index (χ0n) is 35.7. The Morgan fingerprint density at radius 3 is 1.81 bits per heavy atom. The van der Waals surface area contributed by atoms with Crippen LogP contribution in [0.5, 0.6) is 0 Å². The van der Waals surface area contributed by atoms with Crippen molar-refractivity contribution in [1.82, 2.24) is 4.90 Å². The highest BCUT2D eigenvalue weighted by atomic mass is 16.6. The fourth-order valence-electron chi connectivity index (χ4n) is 14.0. The molecule has 0 heterocycles. The lowest BCUT2D eigenvalue weighted by atomic mass is 9.41. The number of allylic oxidation sites excluding steroid dienone is 2. The molecule has 0 aromatic heterocycles. The van der Waals surface area contributed by atoms with Gasteiger partial charge in [0.15, 0.2) is 11.6 Å². The molecular formula is C45H65NO12. The van der Waals surface area contributed by atoms with E-state index in [4.69, 9.17) is 14.2 Å². The van der Waals surface area contributed by atoms with Crippen molar-refractivity contribution in [3.05, 3.63) is 23.3 Å². The Morgan fingerprint density at radius 2 is 1.28 bits per heavy atom. The number of esters is 3. The fourth-order valence-corrected chi connectivity index (χ4v) is 14.0. The summed E-state index contributed by atoms with van der Waals surface area (Å²) in [5, 5.41) is 32.7. The number of Topliss-reactive ketones (excluding diaryl/α,β-unsaturated/α-hetero) is 2. The smallest absolute Gasteiger partial charge is 0.331 e. The summed E-state index contributed by atoms with van der Waals surface area (Å²) >= 11 is 0. The highest BCUT2D eigenvalue weighted by Gasteiger charge is 2.70. The number of carbonyl (C=O) groups excluding carboxylic acids is 6. The number of carbonyl (C=O) groups is 6. The van der Waals surface area contributed by atoms with E-state index >= 15 is 0 Å². The van der Waals surface area contributed by atoms with Gasteiger partial charge in [0.25, 0.3) is 0 Å². The first kappa shape index (κ1) is 44.1. The highest BCUT2D eigenvalue weighted by molar-refractivity contribution is 5.95. The maximum absolute atomic E-state index is 14.5. The molecule has 15 atom stereocenters. The van der Waals surface area contributed by atoms with Gasteiger partial charge < -0.3 is 34.4 Å². The Morgan fingerprint density at radius 1 is 0.759 bits per heavy atom. The number of rotatable bonds is 7. The zero-order chi connectivity index (χ0) is 42.9. The molecular weight excluding hydrogens is 746 g/mol. The van der Waals surface area contributed by atoms with Crippen molar-refractivity contribution >= 4 is 35.4 Å². The van der Waals surface area contributed by atoms with Crippen LogP contribution in [0.15, 0.2) is 23.3 Å². The fraction of sp³-hybridized carbons (Fsp3) is 0.778. The molecule has 0 saturated heterocycles. The molecule has 0 aromatic rings. The van der Waals surface area contributed by atoms with Gasteiger partial charge in [-0.3, -0.25) is 24.0 Å². The molecule has 1 amide bonds. The van der Waals surface area contributed by atoms with Crippen molar-refractivity contribution < 1.29 is 58.3 Å². The Bertz CT molecular complexity index is 1770. The second kappa shape index (κ2) is 15.9. The quantitative estimate of drug-likeness (QED) is 0.191. The van der Waals surface area contributed by atoms with Gasteiger partial charge in [0, 0.05) is 49.4 Å². The van der Waals surface area contributed by atoms with Crippen LogP contribution in [-0.2, 0) is 43.0 Å². The normalized spacial score (nSPS) is 44.9. The van der Waals surface area contributed by atoms with Crippen LogP contribution < -0.4 is 0 Å².